The molecule has 0 saturated carbocycles. The van der Waals surface area contributed by atoms with Crippen molar-refractivity contribution >= 4 is 12.4 Å². The topological polar surface area (TPSA) is 41.5 Å². The first kappa shape index (κ1) is 18.5. The molecule has 0 saturated heterocycles. The number of rotatable bonds is 9. The molecular weight excluding hydrogens is 298 g/mol. The summed E-state index contributed by atoms with van der Waals surface area (Å²) in [5, 5.41) is 12.1. The molecule has 4 heteroatoms. The smallest absolute Gasteiger partial charge is 0.119 e. The molecule has 0 fully saturated rings. The zero-order valence-electron chi connectivity index (χ0n) is 12.7. The van der Waals surface area contributed by atoms with Crippen LogP contribution in [0.3, 0.4) is 0 Å². The molecule has 0 heterocycles. The summed E-state index contributed by atoms with van der Waals surface area (Å²) in [6.45, 7) is 2.66. The monoisotopic (exact) mass is 321 g/mol. The molecule has 0 aliphatic rings. The van der Waals surface area contributed by atoms with Gasteiger partial charge in [0.1, 0.15) is 12.4 Å². The van der Waals surface area contributed by atoms with Crippen LogP contribution >= 0.6 is 12.4 Å². The highest BCUT2D eigenvalue weighted by atomic mass is 35.5. The third-order valence-corrected chi connectivity index (χ3v) is 3.26. The van der Waals surface area contributed by atoms with Crippen LogP contribution in [0.1, 0.15) is 24.0 Å². The van der Waals surface area contributed by atoms with E-state index in [2.05, 4.69) is 29.6 Å². The number of hydrogen-bond acceptors (Lipinski definition) is 3. The Kier molecular flexibility index (Phi) is 9.31. The maximum atomic E-state index is 8.70. The molecule has 2 aromatic carbocycles. The summed E-state index contributed by atoms with van der Waals surface area (Å²) < 4.78 is 5.76. The van der Waals surface area contributed by atoms with Crippen LogP contribution in [0.5, 0.6) is 5.75 Å². The van der Waals surface area contributed by atoms with Crippen molar-refractivity contribution in [2.24, 2.45) is 0 Å². The maximum Gasteiger partial charge on any atom is 0.119 e. The van der Waals surface area contributed by atoms with Crippen molar-refractivity contribution in [3.8, 4) is 5.75 Å². The van der Waals surface area contributed by atoms with Crippen LogP contribution < -0.4 is 10.1 Å². The molecule has 0 aliphatic heterocycles. The van der Waals surface area contributed by atoms with Crippen LogP contribution in [-0.4, -0.2) is 18.3 Å². The van der Waals surface area contributed by atoms with Gasteiger partial charge >= 0.3 is 0 Å². The molecule has 22 heavy (non-hydrogen) atoms. The Labute approximate surface area is 138 Å². The predicted molar refractivity (Wildman–Crippen MR) is 92.5 cm³/mol. The lowest BCUT2D eigenvalue weighted by atomic mass is 10.2. The highest BCUT2D eigenvalue weighted by molar-refractivity contribution is 5.85. The first-order valence-electron chi connectivity index (χ1n) is 7.46. The molecule has 0 aromatic heterocycles. The van der Waals surface area contributed by atoms with Crippen molar-refractivity contribution in [1.29, 1.82) is 0 Å². The Morgan fingerprint density at radius 2 is 1.59 bits per heavy atom. The zero-order chi connectivity index (χ0) is 14.8. The average Bonchev–Trinajstić information content (AvgIpc) is 2.55. The van der Waals surface area contributed by atoms with Gasteiger partial charge in [0.25, 0.3) is 0 Å². The minimum absolute atomic E-state index is 0. The molecule has 0 aliphatic carbocycles. The molecule has 0 radical (unpaired) electrons. The molecule has 0 unspecified atom stereocenters. The SMILES string of the molecule is Cl.OCCCCNCc1ccc(OCc2ccccc2)cc1. The first-order chi connectivity index (χ1) is 10.4. The van der Waals surface area contributed by atoms with E-state index in [0.717, 1.165) is 31.7 Å². The summed E-state index contributed by atoms with van der Waals surface area (Å²) in [5.41, 5.74) is 2.41. The van der Waals surface area contributed by atoms with E-state index in [9.17, 15) is 0 Å². The molecule has 0 amide bonds. The van der Waals surface area contributed by atoms with E-state index < -0.39 is 0 Å². The summed E-state index contributed by atoms with van der Waals surface area (Å²) in [5.74, 6) is 0.892. The van der Waals surface area contributed by atoms with Gasteiger partial charge in [0.2, 0.25) is 0 Å². The highest BCUT2D eigenvalue weighted by Crippen LogP contribution is 2.14. The van der Waals surface area contributed by atoms with Crippen LogP contribution in [0.4, 0.5) is 0 Å². The zero-order valence-corrected chi connectivity index (χ0v) is 13.5. The first-order valence-corrected chi connectivity index (χ1v) is 7.46. The van der Waals surface area contributed by atoms with Crippen molar-refractivity contribution in [2.75, 3.05) is 13.2 Å². The summed E-state index contributed by atoms with van der Waals surface area (Å²) in [6, 6.07) is 18.3. The standard InChI is InChI=1S/C18H23NO2.ClH/c20-13-5-4-12-19-14-16-8-10-18(11-9-16)21-15-17-6-2-1-3-7-17;/h1-3,6-11,19-20H,4-5,12-15H2;1H. The summed E-state index contributed by atoms with van der Waals surface area (Å²) in [6.07, 6.45) is 1.87. The third kappa shape index (κ3) is 6.94. The van der Waals surface area contributed by atoms with E-state index in [1.807, 2.05) is 30.3 Å². The van der Waals surface area contributed by atoms with Gasteiger partial charge in [0, 0.05) is 13.2 Å². The molecule has 0 bridgehead atoms. The Balaban J connectivity index is 0.00000242. The lowest BCUT2D eigenvalue weighted by Gasteiger charge is -2.08. The lowest BCUT2D eigenvalue weighted by molar-refractivity contribution is 0.283. The Morgan fingerprint density at radius 1 is 0.864 bits per heavy atom. The van der Waals surface area contributed by atoms with Crippen molar-refractivity contribution < 1.29 is 9.84 Å². The highest BCUT2D eigenvalue weighted by Gasteiger charge is 1.97. The van der Waals surface area contributed by atoms with Gasteiger partial charge in [-0.2, -0.15) is 0 Å². The Hall–Kier alpha value is -1.55. The number of ether oxygens (including phenoxy) is 1. The van der Waals surface area contributed by atoms with Crippen LogP contribution in [0.15, 0.2) is 54.6 Å². The quantitative estimate of drug-likeness (QED) is 0.694. The van der Waals surface area contributed by atoms with E-state index in [-0.39, 0.29) is 19.0 Å². The van der Waals surface area contributed by atoms with Gasteiger partial charge in [-0.15, -0.1) is 12.4 Å². The third-order valence-electron chi connectivity index (χ3n) is 3.26. The Morgan fingerprint density at radius 3 is 2.27 bits per heavy atom. The predicted octanol–water partition coefficient (Wildman–Crippen LogP) is 3.55. The molecule has 120 valence electrons. The fraction of sp³-hybridized carbons (Fsp3) is 0.333. The lowest BCUT2D eigenvalue weighted by Crippen LogP contribution is -2.14. The van der Waals surface area contributed by atoms with Crippen LogP contribution in [0, 0.1) is 0 Å². The van der Waals surface area contributed by atoms with Gasteiger partial charge in [-0.05, 0) is 42.6 Å². The van der Waals surface area contributed by atoms with Crippen LogP contribution in [-0.2, 0) is 13.2 Å². The summed E-state index contributed by atoms with van der Waals surface area (Å²) in [7, 11) is 0. The second-order valence-corrected chi connectivity index (χ2v) is 5.03. The van der Waals surface area contributed by atoms with Gasteiger partial charge in [-0.25, -0.2) is 0 Å². The maximum absolute atomic E-state index is 8.70. The molecule has 2 aromatic rings. The number of halogens is 1. The number of benzene rings is 2. The largest absolute Gasteiger partial charge is 0.489 e. The molecule has 0 atom stereocenters. The summed E-state index contributed by atoms with van der Waals surface area (Å²) in [4.78, 5) is 0. The van der Waals surface area contributed by atoms with Gasteiger partial charge < -0.3 is 15.2 Å². The van der Waals surface area contributed by atoms with Gasteiger partial charge in [0.05, 0.1) is 0 Å². The summed E-state index contributed by atoms with van der Waals surface area (Å²) >= 11 is 0. The minimum atomic E-state index is 0. The number of nitrogens with one attached hydrogen (secondary N) is 1. The van der Waals surface area contributed by atoms with E-state index in [4.69, 9.17) is 9.84 Å². The normalized spacial score (nSPS) is 10.0. The van der Waals surface area contributed by atoms with E-state index >= 15 is 0 Å². The number of aliphatic hydroxyl groups is 1. The molecule has 2 N–H and O–H groups in total. The number of hydrogen-bond donors (Lipinski definition) is 2. The van der Waals surface area contributed by atoms with E-state index in [1.165, 1.54) is 11.1 Å². The van der Waals surface area contributed by atoms with Gasteiger partial charge in [-0.3, -0.25) is 0 Å². The average molecular weight is 322 g/mol. The number of aliphatic hydroxyl groups excluding tert-OH is 1. The Bertz CT molecular complexity index is 502. The minimum Gasteiger partial charge on any atom is -0.489 e. The van der Waals surface area contributed by atoms with Crippen molar-refractivity contribution in [3.05, 3.63) is 65.7 Å². The van der Waals surface area contributed by atoms with Gasteiger partial charge in [-0.1, -0.05) is 42.5 Å². The molecule has 0 spiro atoms. The van der Waals surface area contributed by atoms with Crippen LogP contribution in [0.2, 0.25) is 0 Å². The fourth-order valence-electron chi connectivity index (χ4n) is 2.04. The van der Waals surface area contributed by atoms with Crippen LogP contribution in [0.25, 0.3) is 0 Å². The molecule has 3 nitrogen and oxygen atoms in total. The second kappa shape index (κ2) is 11.1. The van der Waals surface area contributed by atoms with Crippen molar-refractivity contribution in [1.82, 2.24) is 5.32 Å². The van der Waals surface area contributed by atoms with Crippen molar-refractivity contribution in [2.45, 2.75) is 26.0 Å². The van der Waals surface area contributed by atoms with Crippen molar-refractivity contribution in [3.63, 3.8) is 0 Å². The molecule has 2 rings (SSSR count). The molecular formula is C18H24ClNO2. The number of unbranched alkanes of at least 4 members (excludes halogenated alkanes) is 1. The van der Waals surface area contributed by atoms with E-state index in [1.54, 1.807) is 0 Å². The van der Waals surface area contributed by atoms with Gasteiger partial charge in [0.15, 0.2) is 0 Å². The fourth-order valence-corrected chi connectivity index (χ4v) is 2.04. The van der Waals surface area contributed by atoms with E-state index in [0.29, 0.717) is 6.61 Å². The second-order valence-electron chi connectivity index (χ2n) is 5.03.